The van der Waals surface area contributed by atoms with Gasteiger partial charge >= 0.3 is 0 Å². The molecular weight excluding hydrogens is 266 g/mol. The van der Waals surface area contributed by atoms with Gasteiger partial charge in [-0.15, -0.1) is 11.3 Å². The van der Waals surface area contributed by atoms with Crippen LogP contribution in [0.3, 0.4) is 0 Å². The first-order chi connectivity index (χ1) is 9.81. The summed E-state index contributed by atoms with van der Waals surface area (Å²) in [4.78, 5) is 1.45. The van der Waals surface area contributed by atoms with Crippen LogP contribution in [0.4, 0.5) is 0 Å². The van der Waals surface area contributed by atoms with Crippen molar-refractivity contribution in [3.63, 3.8) is 0 Å². The fourth-order valence-corrected chi connectivity index (χ4v) is 3.95. The molecule has 2 atom stereocenters. The maximum absolute atomic E-state index is 5.87. The van der Waals surface area contributed by atoms with E-state index in [0.717, 1.165) is 25.3 Å². The van der Waals surface area contributed by atoms with Crippen LogP contribution in [0.2, 0.25) is 0 Å². The average molecular weight is 287 g/mol. The molecule has 0 amide bonds. The number of hydrogen-bond donors (Lipinski definition) is 1. The van der Waals surface area contributed by atoms with Crippen molar-refractivity contribution in [3.8, 4) is 5.75 Å². The number of thiophene rings is 1. The summed E-state index contributed by atoms with van der Waals surface area (Å²) < 4.78 is 5.87. The van der Waals surface area contributed by atoms with Crippen molar-refractivity contribution >= 4 is 11.3 Å². The summed E-state index contributed by atoms with van der Waals surface area (Å²) in [5.41, 5.74) is 2.72. The smallest absolute Gasteiger partial charge is 0.122 e. The Balaban J connectivity index is 1.93. The number of nitrogens with one attached hydrogen (secondary N) is 1. The number of rotatable bonds is 5. The molecule has 0 aliphatic carbocycles. The highest BCUT2D eigenvalue weighted by Crippen LogP contribution is 2.43. The molecule has 106 valence electrons. The van der Waals surface area contributed by atoms with Crippen molar-refractivity contribution in [1.29, 1.82) is 0 Å². The van der Waals surface area contributed by atoms with E-state index in [2.05, 4.69) is 48.8 Å². The monoisotopic (exact) mass is 287 g/mol. The highest BCUT2D eigenvalue weighted by molar-refractivity contribution is 7.10. The Kier molecular flexibility index (Phi) is 4.08. The molecule has 1 aromatic carbocycles. The number of ether oxygens (including phenoxy) is 1. The minimum absolute atomic E-state index is 0.360. The first-order valence-electron chi connectivity index (χ1n) is 7.30. The van der Waals surface area contributed by atoms with E-state index in [0.29, 0.717) is 12.0 Å². The van der Waals surface area contributed by atoms with E-state index >= 15 is 0 Å². The van der Waals surface area contributed by atoms with E-state index in [1.165, 1.54) is 16.0 Å². The second-order valence-electron chi connectivity index (χ2n) is 5.35. The maximum Gasteiger partial charge on any atom is 0.122 e. The lowest BCUT2D eigenvalue weighted by Gasteiger charge is -2.24. The summed E-state index contributed by atoms with van der Waals surface area (Å²) >= 11 is 1.85. The highest BCUT2D eigenvalue weighted by Gasteiger charge is 2.33. The van der Waals surface area contributed by atoms with Gasteiger partial charge in [-0.25, -0.2) is 0 Å². The summed E-state index contributed by atoms with van der Waals surface area (Å²) in [6.07, 6.45) is 1.15. The molecule has 0 bridgehead atoms. The zero-order chi connectivity index (χ0) is 13.9. The summed E-state index contributed by atoms with van der Waals surface area (Å²) in [6.45, 7) is 6.23. The molecule has 1 aliphatic rings. The van der Waals surface area contributed by atoms with E-state index in [4.69, 9.17) is 4.74 Å². The van der Waals surface area contributed by atoms with Crippen molar-refractivity contribution in [2.75, 3.05) is 13.2 Å². The number of aryl methyl sites for hydroxylation is 1. The molecule has 3 rings (SSSR count). The molecule has 2 unspecified atom stereocenters. The molecule has 3 heteroatoms. The Morgan fingerprint density at radius 2 is 2.20 bits per heavy atom. The fourth-order valence-electron chi connectivity index (χ4n) is 2.88. The molecule has 20 heavy (non-hydrogen) atoms. The van der Waals surface area contributed by atoms with E-state index in [1.54, 1.807) is 0 Å². The van der Waals surface area contributed by atoms with Crippen molar-refractivity contribution < 1.29 is 4.74 Å². The third kappa shape index (κ3) is 2.48. The van der Waals surface area contributed by atoms with Crippen LogP contribution in [0.5, 0.6) is 5.75 Å². The van der Waals surface area contributed by atoms with Crippen molar-refractivity contribution in [3.05, 3.63) is 51.7 Å². The lowest BCUT2D eigenvalue weighted by molar-refractivity contribution is 0.300. The Morgan fingerprint density at radius 3 is 2.95 bits per heavy atom. The van der Waals surface area contributed by atoms with Gasteiger partial charge in [-0.2, -0.15) is 0 Å². The zero-order valence-corrected chi connectivity index (χ0v) is 12.9. The van der Waals surface area contributed by atoms with E-state index in [-0.39, 0.29) is 0 Å². The Bertz CT molecular complexity index is 578. The van der Waals surface area contributed by atoms with Crippen molar-refractivity contribution in [2.45, 2.75) is 32.2 Å². The molecule has 2 aromatic rings. The molecule has 0 spiro atoms. The van der Waals surface area contributed by atoms with Gasteiger partial charge in [-0.1, -0.05) is 25.1 Å². The quantitative estimate of drug-likeness (QED) is 0.886. The van der Waals surface area contributed by atoms with Crippen LogP contribution in [-0.2, 0) is 0 Å². The Morgan fingerprint density at radius 1 is 1.35 bits per heavy atom. The number of fused-ring (bicyclic) bond motifs is 1. The molecule has 1 aliphatic heterocycles. The van der Waals surface area contributed by atoms with Gasteiger partial charge in [0, 0.05) is 16.4 Å². The van der Waals surface area contributed by atoms with E-state index in [9.17, 15) is 0 Å². The standard InChI is InChI=1S/C17H21NOS/c1-3-9-18-16(17-12(2)8-10-20-17)14-11-19-15-7-5-4-6-13(14)15/h4-8,10,14,16,18H,3,9,11H2,1-2H3. The molecular formula is C17H21NOS. The van der Waals surface area contributed by atoms with Crippen LogP contribution in [0.25, 0.3) is 0 Å². The topological polar surface area (TPSA) is 21.3 Å². The molecule has 1 aromatic heterocycles. The second-order valence-corrected chi connectivity index (χ2v) is 6.30. The van der Waals surface area contributed by atoms with Gasteiger partial charge in [0.25, 0.3) is 0 Å². The SMILES string of the molecule is CCCNC(c1sccc1C)C1COc2ccccc21. The first-order valence-corrected chi connectivity index (χ1v) is 8.18. The van der Waals surface area contributed by atoms with Gasteiger partial charge in [-0.3, -0.25) is 0 Å². The van der Waals surface area contributed by atoms with E-state index < -0.39 is 0 Å². The molecule has 0 saturated heterocycles. The predicted molar refractivity (Wildman–Crippen MR) is 84.8 cm³/mol. The first kappa shape index (κ1) is 13.7. The molecule has 0 fully saturated rings. The average Bonchev–Trinajstić information content (AvgIpc) is 3.07. The van der Waals surface area contributed by atoms with Gasteiger partial charge in [0.15, 0.2) is 0 Å². The largest absolute Gasteiger partial charge is 0.493 e. The highest BCUT2D eigenvalue weighted by atomic mass is 32.1. The number of hydrogen-bond acceptors (Lipinski definition) is 3. The van der Waals surface area contributed by atoms with Crippen LogP contribution in [0.15, 0.2) is 35.7 Å². The van der Waals surface area contributed by atoms with Gasteiger partial charge in [0.1, 0.15) is 5.75 Å². The third-order valence-corrected chi connectivity index (χ3v) is 5.04. The predicted octanol–water partition coefficient (Wildman–Crippen LogP) is 4.27. The summed E-state index contributed by atoms with van der Waals surface area (Å²) in [5.74, 6) is 1.46. The summed E-state index contributed by atoms with van der Waals surface area (Å²) in [6, 6.07) is 11.0. The molecule has 2 heterocycles. The second kappa shape index (κ2) is 5.98. The lowest BCUT2D eigenvalue weighted by atomic mass is 9.91. The molecule has 2 nitrogen and oxygen atoms in total. The number of benzene rings is 1. The van der Waals surface area contributed by atoms with Crippen LogP contribution in [0.1, 0.15) is 41.3 Å². The van der Waals surface area contributed by atoms with Crippen LogP contribution < -0.4 is 10.1 Å². The summed E-state index contributed by atoms with van der Waals surface area (Å²) in [7, 11) is 0. The lowest BCUT2D eigenvalue weighted by Crippen LogP contribution is -2.28. The maximum atomic E-state index is 5.87. The third-order valence-electron chi connectivity index (χ3n) is 3.94. The Labute approximate surface area is 124 Å². The van der Waals surface area contributed by atoms with Crippen LogP contribution in [-0.4, -0.2) is 13.2 Å². The normalized spacial score (nSPS) is 18.6. The molecule has 0 saturated carbocycles. The van der Waals surface area contributed by atoms with Gasteiger partial charge in [0.05, 0.1) is 12.6 Å². The van der Waals surface area contributed by atoms with Crippen molar-refractivity contribution in [1.82, 2.24) is 5.32 Å². The van der Waals surface area contributed by atoms with Gasteiger partial charge < -0.3 is 10.1 Å². The van der Waals surface area contributed by atoms with Gasteiger partial charge in [-0.05, 0) is 43.0 Å². The van der Waals surface area contributed by atoms with Gasteiger partial charge in [0.2, 0.25) is 0 Å². The van der Waals surface area contributed by atoms with E-state index in [1.807, 2.05) is 17.4 Å². The number of para-hydroxylation sites is 1. The van der Waals surface area contributed by atoms with Crippen LogP contribution in [0, 0.1) is 6.92 Å². The summed E-state index contributed by atoms with van der Waals surface area (Å²) in [5, 5.41) is 5.91. The minimum atomic E-state index is 0.360. The molecule has 1 N–H and O–H groups in total. The van der Waals surface area contributed by atoms with Crippen molar-refractivity contribution in [2.24, 2.45) is 0 Å². The molecule has 0 radical (unpaired) electrons. The minimum Gasteiger partial charge on any atom is -0.493 e. The van der Waals surface area contributed by atoms with Crippen LogP contribution >= 0.6 is 11.3 Å². The Hall–Kier alpha value is -1.32. The fraction of sp³-hybridized carbons (Fsp3) is 0.412. The zero-order valence-electron chi connectivity index (χ0n) is 12.1.